The molecule has 0 aliphatic heterocycles. The molecule has 0 spiro atoms. The summed E-state index contributed by atoms with van der Waals surface area (Å²) < 4.78 is 0. The molecular formula is C15H19N3O. The highest BCUT2D eigenvalue weighted by Crippen LogP contribution is 2.34. The molecule has 0 saturated heterocycles. The molecule has 0 bridgehead atoms. The average Bonchev–Trinajstić information content (AvgIpc) is 2.45. The Morgan fingerprint density at radius 3 is 2.63 bits per heavy atom. The molecule has 3 N–H and O–H groups in total. The van der Waals surface area contributed by atoms with E-state index in [0.717, 1.165) is 31.2 Å². The van der Waals surface area contributed by atoms with E-state index in [1.54, 1.807) is 0 Å². The lowest BCUT2D eigenvalue weighted by Gasteiger charge is -2.29. The predicted molar refractivity (Wildman–Crippen MR) is 73.4 cm³/mol. The average molecular weight is 257 g/mol. The molecule has 1 saturated carbocycles. The fraction of sp³-hybridized carbons (Fsp3) is 0.467. The number of hydrogen-bond acceptors (Lipinski definition) is 3. The highest BCUT2D eigenvalue weighted by atomic mass is 16.1. The molecule has 0 radical (unpaired) electrons. The normalized spacial score (nSPS) is 22.7. The molecule has 1 fully saturated rings. The van der Waals surface area contributed by atoms with Gasteiger partial charge in [0, 0.05) is 6.04 Å². The second-order valence-electron chi connectivity index (χ2n) is 5.09. The molecule has 19 heavy (non-hydrogen) atoms. The highest BCUT2D eigenvalue weighted by Gasteiger charge is 2.23. The number of carbonyl (C=O) groups is 1. The maximum absolute atomic E-state index is 10.7. The van der Waals surface area contributed by atoms with Crippen molar-refractivity contribution in [1.82, 2.24) is 5.32 Å². The van der Waals surface area contributed by atoms with Crippen molar-refractivity contribution in [2.24, 2.45) is 5.73 Å². The lowest BCUT2D eigenvalue weighted by atomic mass is 9.80. The smallest absolute Gasteiger partial charge is 0.231 e. The van der Waals surface area contributed by atoms with Gasteiger partial charge in [0.2, 0.25) is 5.91 Å². The molecule has 100 valence electrons. The molecule has 1 aromatic carbocycles. The summed E-state index contributed by atoms with van der Waals surface area (Å²) in [5.74, 6) is 0.152. The van der Waals surface area contributed by atoms with E-state index < -0.39 is 0 Å². The Kier molecular flexibility index (Phi) is 4.53. The highest BCUT2D eigenvalue weighted by molar-refractivity contribution is 5.75. The number of hydrogen-bond donors (Lipinski definition) is 2. The molecule has 0 atom stereocenters. The summed E-state index contributed by atoms with van der Waals surface area (Å²) >= 11 is 0. The van der Waals surface area contributed by atoms with Gasteiger partial charge in [-0.2, -0.15) is 5.26 Å². The Morgan fingerprint density at radius 2 is 2.00 bits per heavy atom. The topological polar surface area (TPSA) is 78.9 Å². The van der Waals surface area contributed by atoms with Crippen molar-refractivity contribution >= 4 is 5.91 Å². The van der Waals surface area contributed by atoms with E-state index in [1.807, 2.05) is 18.2 Å². The van der Waals surface area contributed by atoms with Crippen LogP contribution in [0.15, 0.2) is 24.3 Å². The lowest BCUT2D eigenvalue weighted by molar-refractivity contribution is -0.117. The van der Waals surface area contributed by atoms with Crippen LogP contribution in [-0.2, 0) is 4.79 Å². The summed E-state index contributed by atoms with van der Waals surface area (Å²) in [6.45, 7) is 0.254. The number of benzene rings is 1. The number of nitriles is 1. The summed E-state index contributed by atoms with van der Waals surface area (Å²) in [7, 11) is 0. The van der Waals surface area contributed by atoms with Gasteiger partial charge in [0.1, 0.15) is 0 Å². The standard InChI is InChI=1S/C15H19N3O/c16-9-12-3-1-2-4-14(12)11-5-7-13(8-6-11)18-10-15(17)19/h1-4,11,13,18H,5-8,10H2,(H2,17,19). The van der Waals surface area contributed by atoms with Crippen molar-refractivity contribution in [3.05, 3.63) is 35.4 Å². The molecule has 0 unspecified atom stereocenters. The molecule has 1 amide bonds. The van der Waals surface area contributed by atoms with Crippen molar-refractivity contribution in [1.29, 1.82) is 5.26 Å². The third kappa shape index (κ3) is 3.55. The first-order valence-electron chi connectivity index (χ1n) is 6.71. The summed E-state index contributed by atoms with van der Waals surface area (Å²) in [6, 6.07) is 10.5. The Hall–Kier alpha value is -1.86. The summed E-state index contributed by atoms with van der Waals surface area (Å²) in [5.41, 5.74) is 7.08. The monoisotopic (exact) mass is 257 g/mol. The number of nitrogens with zero attached hydrogens (tertiary/aromatic N) is 1. The second-order valence-corrected chi connectivity index (χ2v) is 5.09. The number of amides is 1. The van der Waals surface area contributed by atoms with Crippen LogP contribution in [0.3, 0.4) is 0 Å². The summed E-state index contributed by atoms with van der Waals surface area (Å²) in [6.07, 6.45) is 4.15. The number of nitrogens with one attached hydrogen (secondary N) is 1. The van der Waals surface area contributed by atoms with Crippen molar-refractivity contribution in [3.63, 3.8) is 0 Å². The van der Waals surface area contributed by atoms with Gasteiger partial charge in [-0.15, -0.1) is 0 Å². The van der Waals surface area contributed by atoms with E-state index in [0.29, 0.717) is 12.0 Å². The number of rotatable bonds is 4. The maximum Gasteiger partial charge on any atom is 0.231 e. The molecule has 0 heterocycles. The van der Waals surface area contributed by atoms with Crippen molar-refractivity contribution < 1.29 is 4.79 Å². The van der Waals surface area contributed by atoms with Gasteiger partial charge in [-0.3, -0.25) is 4.79 Å². The zero-order valence-electron chi connectivity index (χ0n) is 10.9. The van der Waals surface area contributed by atoms with Crippen LogP contribution in [0.1, 0.15) is 42.7 Å². The molecule has 2 rings (SSSR count). The third-order valence-corrected chi connectivity index (χ3v) is 3.81. The minimum absolute atomic E-state index is 0.254. The zero-order chi connectivity index (χ0) is 13.7. The van der Waals surface area contributed by atoms with E-state index in [9.17, 15) is 4.79 Å². The molecule has 4 heteroatoms. The second kappa shape index (κ2) is 6.35. The molecule has 1 aliphatic carbocycles. The van der Waals surface area contributed by atoms with Gasteiger partial charge >= 0.3 is 0 Å². The fourth-order valence-electron chi connectivity index (χ4n) is 2.81. The van der Waals surface area contributed by atoms with Gasteiger partial charge in [0.15, 0.2) is 0 Å². The molecule has 0 aromatic heterocycles. The quantitative estimate of drug-likeness (QED) is 0.861. The minimum Gasteiger partial charge on any atom is -0.369 e. The van der Waals surface area contributed by atoms with Crippen LogP contribution in [0, 0.1) is 11.3 Å². The van der Waals surface area contributed by atoms with Gasteiger partial charge in [0.05, 0.1) is 18.2 Å². The van der Waals surface area contributed by atoms with E-state index >= 15 is 0 Å². The maximum atomic E-state index is 10.7. The Labute approximate surface area is 113 Å². The number of carbonyl (C=O) groups excluding carboxylic acids is 1. The van der Waals surface area contributed by atoms with Crippen LogP contribution in [0.2, 0.25) is 0 Å². The number of primary amides is 1. The molecule has 4 nitrogen and oxygen atoms in total. The van der Waals surface area contributed by atoms with Gasteiger partial charge in [-0.1, -0.05) is 18.2 Å². The predicted octanol–water partition coefficient (Wildman–Crippen LogP) is 1.66. The minimum atomic E-state index is -0.308. The van der Waals surface area contributed by atoms with E-state index in [4.69, 9.17) is 11.0 Å². The van der Waals surface area contributed by atoms with Gasteiger partial charge in [0.25, 0.3) is 0 Å². The van der Waals surface area contributed by atoms with Crippen molar-refractivity contribution in [2.45, 2.75) is 37.6 Å². The Bertz CT molecular complexity index is 484. The molecule has 1 aliphatic rings. The SMILES string of the molecule is N#Cc1ccccc1C1CCC(NCC(N)=O)CC1. The van der Waals surface area contributed by atoms with Gasteiger partial charge in [-0.05, 0) is 43.2 Å². The number of nitrogens with two attached hydrogens (primary N) is 1. The van der Waals surface area contributed by atoms with E-state index in [2.05, 4.69) is 17.5 Å². The van der Waals surface area contributed by atoms with Crippen LogP contribution in [0.4, 0.5) is 0 Å². The van der Waals surface area contributed by atoms with Crippen molar-refractivity contribution in [2.75, 3.05) is 6.54 Å². The van der Waals surface area contributed by atoms with Crippen LogP contribution in [0.25, 0.3) is 0 Å². The fourth-order valence-corrected chi connectivity index (χ4v) is 2.81. The Morgan fingerprint density at radius 1 is 1.32 bits per heavy atom. The van der Waals surface area contributed by atoms with Gasteiger partial charge < -0.3 is 11.1 Å². The summed E-state index contributed by atoms with van der Waals surface area (Å²) in [5, 5.41) is 12.3. The Balaban J connectivity index is 1.93. The van der Waals surface area contributed by atoms with Crippen LogP contribution < -0.4 is 11.1 Å². The van der Waals surface area contributed by atoms with Crippen LogP contribution >= 0.6 is 0 Å². The van der Waals surface area contributed by atoms with E-state index in [-0.39, 0.29) is 12.5 Å². The molecule has 1 aromatic rings. The summed E-state index contributed by atoms with van der Waals surface area (Å²) in [4.78, 5) is 10.7. The van der Waals surface area contributed by atoms with Crippen molar-refractivity contribution in [3.8, 4) is 6.07 Å². The largest absolute Gasteiger partial charge is 0.369 e. The first-order chi connectivity index (χ1) is 9.20. The molecular weight excluding hydrogens is 238 g/mol. The van der Waals surface area contributed by atoms with Crippen LogP contribution in [0.5, 0.6) is 0 Å². The lowest BCUT2D eigenvalue weighted by Crippen LogP contribution is -2.38. The first kappa shape index (κ1) is 13.6. The zero-order valence-corrected chi connectivity index (χ0v) is 10.9. The first-order valence-corrected chi connectivity index (χ1v) is 6.71. The van der Waals surface area contributed by atoms with Crippen LogP contribution in [-0.4, -0.2) is 18.5 Å². The van der Waals surface area contributed by atoms with Gasteiger partial charge in [-0.25, -0.2) is 0 Å². The van der Waals surface area contributed by atoms with E-state index in [1.165, 1.54) is 5.56 Å². The third-order valence-electron chi connectivity index (χ3n) is 3.81.